The Labute approximate surface area is 186 Å². The second-order valence-electron chi connectivity index (χ2n) is 7.55. The molecule has 1 fully saturated rings. The van der Waals surface area contributed by atoms with Gasteiger partial charge in [0.15, 0.2) is 0 Å². The molecule has 0 aromatic carbocycles. The molecule has 10 heteroatoms. The maximum Gasteiger partial charge on any atom is 0.341 e. The summed E-state index contributed by atoms with van der Waals surface area (Å²) in [5.74, 6) is -2.46. The van der Waals surface area contributed by atoms with E-state index in [1.165, 1.54) is 36.8 Å². The standard InChI is InChI=1S/C21H20N2O6S2/c1-10-5-6-11-13(8-10)31-19(16(11)21(28)29-2)23-15(24)9-14(18(23)25)30-17-12(20(26)27)4-3-7-22-17/h3-4,7,10,14H,5-6,8-9H2,1-2H3,(H,26,27)/p-1/t10-,14-/m0/s1. The summed E-state index contributed by atoms with van der Waals surface area (Å²) in [4.78, 5) is 56.0. The molecule has 0 spiro atoms. The average Bonchev–Trinajstić information content (AvgIpc) is 3.23. The summed E-state index contributed by atoms with van der Waals surface area (Å²) >= 11 is 2.20. The zero-order valence-electron chi connectivity index (χ0n) is 16.9. The number of aromatic nitrogens is 1. The van der Waals surface area contributed by atoms with Gasteiger partial charge in [0.1, 0.15) is 10.0 Å². The van der Waals surface area contributed by atoms with Gasteiger partial charge in [-0.1, -0.05) is 18.7 Å². The molecule has 3 heterocycles. The van der Waals surface area contributed by atoms with Crippen molar-refractivity contribution in [2.24, 2.45) is 5.92 Å². The lowest BCUT2D eigenvalue weighted by Crippen LogP contribution is -2.32. The molecule has 162 valence electrons. The largest absolute Gasteiger partial charge is 0.545 e. The van der Waals surface area contributed by atoms with E-state index in [-0.39, 0.29) is 22.6 Å². The van der Waals surface area contributed by atoms with Crippen molar-refractivity contribution in [2.75, 3.05) is 12.0 Å². The third kappa shape index (κ3) is 3.85. The van der Waals surface area contributed by atoms with E-state index in [0.717, 1.165) is 39.9 Å². The van der Waals surface area contributed by atoms with Crippen LogP contribution in [-0.2, 0) is 27.2 Å². The number of thioether (sulfide) groups is 1. The Morgan fingerprint density at radius 3 is 2.81 bits per heavy atom. The average molecular weight is 460 g/mol. The van der Waals surface area contributed by atoms with E-state index >= 15 is 0 Å². The van der Waals surface area contributed by atoms with Gasteiger partial charge in [-0.15, -0.1) is 11.3 Å². The number of anilines is 1. The van der Waals surface area contributed by atoms with Crippen LogP contribution in [0.3, 0.4) is 0 Å². The number of fused-ring (bicyclic) bond motifs is 1. The summed E-state index contributed by atoms with van der Waals surface area (Å²) in [5, 5.41) is 10.9. The molecule has 2 amide bonds. The first-order valence-electron chi connectivity index (χ1n) is 9.74. The number of hydrogen-bond donors (Lipinski definition) is 0. The Balaban J connectivity index is 1.69. The van der Waals surface area contributed by atoms with E-state index in [1.54, 1.807) is 0 Å². The number of imide groups is 1. The summed E-state index contributed by atoms with van der Waals surface area (Å²) in [7, 11) is 1.27. The Morgan fingerprint density at radius 1 is 1.32 bits per heavy atom. The second kappa shape index (κ2) is 8.43. The van der Waals surface area contributed by atoms with Crippen LogP contribution in [0.25, 0.3) is 0 Å². The maximum atomic E-state index is 13.2. The van der Waals surface area contributed by atoms with Gasteiger partial charge in [0, 0.05) is 23.1 Å². The van der Waals surface area contributed by atoms with Crippen molar-refractivity contribution in [1.29, 1.82) is 0 Å². The number of rotatable bonds is 5. The fourth-order valence-electron chi connectivity index (χ4n) is 3.89. The minimum absolute atomic E-state index is 0.114. The number of ether oxygens (including phenoxy) is 1. The molecular formula is C21H19N2O6S2-. The van der Waals surface area contributed by atoms with E-state index in [2.05, 4.69) is 11.9 Å². The van der Waals surface area contributed by atoms with Crippen molar-refractivity contribution in [3.8, 4) is 0 Å². The highest BCUT2D eigenvalue weighted by atomic mass is 32.2. The van der Waals surface area contributed by atoms with Crippen molar-refractivity contribution in [2.45, 2.75) is 42.9 Å². The van der Waals surface area contributed by atoms with E-state index in [4.69, 9.17) is 4.74 Å². The molecule has 0 saturated carbocycles. The molecule has 0 radical (unpaired) electrons. The monoisotopic (exact) mass is 459 g/mol. The fourth-order valence-corrected chi connectivity index (χ4v) is 6.51. The van der Waals surface area contributed by atoms with E-state index in [1.807, 2.05) is 0 Å². The number of esters is 1. The zero-order chi connectivity index (χ0) is 22.3. The van der Waals surface area contributed by atoms with Crippen LogP contribution in [0.15, 0.2) is 23.4 Å². The zero-order valence-corrected chi connectivity index (χ0v) is 18.5. The summed E-state index contributed by atoms with van der Waals surface area (Å²) < 4.78 is 4.95. The number of pyridine rings is 1. The van der Waals surface area contributed by atoms with Crippen LogP contribution in [-0.4, -0.2) is 41.1 Å². The van der Waals surface area contributed by atoms with Crippen molar-refractivity contribution < 1.29 is 29.0 Å². The van der Waals surface area contributed by atoms with Crippen LogP contribution >= 0.6 is 23.1 Å². The van der Waals surface area contributed by atoms with Gasteiger partial charge in [-0.25, -0.2) is 14.7 Å². The minimum atomic E-state index is -1.41. The summed E-state index contributed by atoms with van der Waals surface area (Å²) in [6, 6.07) is 2.80. The van der Waals surface area contributed by atoms with Crippen LogP contribution < -0.4 is 10.0 Å². The van der Waals surface area contributed by atoms with Crippen LogP contribution in [0.1, 0.15) is 50.9 Å². The molecule has 4 rings (SSSR count). The van der Waals surface area contributed by atoms with Gasteiger partial charge < -0.3 is 14.6 Å². The van der Waals surface area contributed by atoms with Crippen LogP contribution in [0.4, 0.5) is 5.00 Å². The van der Waals surface area contributed by atoms with Crippen molar-refractivity contribution in [3.05, 3.63) is 39.9 Å². The van der Waals surface area contributed by atoms with E-state index < -0.39 is 29.0 Å². The molecule has 0 N–H and O–H groups in total. The molecule has 2 aromatic heterocycles. The normalized spacial score (nSPS) is 20.6. The third-order valence-electron chi connectivity index (χ3n) is 5.44. The number of amides is 2. The SMILES string of the molecule is COC(=O)c1c(N2C(=O)C[C@H](Sc3ncccc3C(=O)[O-])C2=O)sc2c1CC[C@H](C)C2. The highest BCUT2D eigenvalue weighted by molar-refractivity contribution is 8.00. The number of hydrogen-bond acceptors (Lipinski definition) is 9. The highest BCUT2D eigenvalue weighted by Gasteiger charge is 2.44. The Hall–Kier alpha value is -2.72. The molecule has 31 heavy (non-hydrogen) atoms. The Bertz CT molecular complexity index is 1100. The quantitative estimate of drug-likeness (QED) is 0.491. The topological polar surface area (TPSA) is 117 Å². The van der Waals surface area contributed by atoms with E-state index in [0.29, 0.717) is 17.3 Å². The molecule has 0 unspecified atom stereocenters. The predicted octanol–water partition coefficient (Wildman–Crippen LogP) is 1.84. The van der Waals surface area contributed by atoms with Gasteiger partial charge in [0.2, 0.25) is 11.8 Å². The number of thiophene rings is 1. The minimum Gasteiger partial charge on any atom is -0.545 e. The summed E-state index contributed by atoms with van der Waals surface area (Å²) in [6.07, 6.45) is 3.68. The van der Waals surface area contributed by atoms with Crippen LogP contribution in [0.2, 0.25) is 0 Å². The molecule has 1 aliphatic carbocycles. The number of carboxylic acid groups (broad SMARTS) is 1. The van der Waals surface area contributed by atoms with Gasteiger partial charge in [0.25, 0.3) is 0 Å². The molecule has 8 nitrogen and oxygen atoms in total. The smallest absolute Gasteiger partial charge is 0.341 e. The molecule has 2 aromatic rings. The van der Waals surface area contributed by atoms with Crippen LogP contribution in [0, 0.1) is 5.92 Å². The summed E-state index contributed by atoms with van der Waals surface area (Å²) in [6.45, 7) is 2.13. The highest BCUT2D eigenvalue weighted by Crippen LogP contribution is 2.44. The van der Waals surface area contributed by atoms with Crippen molar-refractivity contribution in [3.63, 3.8) is 0 Å². The molecule has 2 aliphatic rings. The number of aromatic carboxylic acids is 1. The van der Waals surface area contributed by atoms with Crippen molar-refractivity contribution >= 4 is 51.9 Å². The number of carbonyl (C=O) groups excluding carboxylic acids is 4. The molecule has 2 atom stereocenters. The molecule has 1 saturated heterocycles. The Kier molecular flexibility index (Phi) is 5.85. The molecular weight excluding hydrogens is 440 g/mol. The van der Waals surface area contributed by atoms with Crippen LogP contribution in [0.5, 0.6) is 0 Å². The van der Waals surface area contributed by atoms with Gasteiger partial charge in [-0.2, -0.15) is 0 Å². The van der Waals surface area contributed by atoms with Gasteiger partial charge in [0.05, 0.1) is 23.9 Å². The Morgan fingerprint density at radius 2 is 2.10 bits per heavy atom. The summed E-state index contributed by atoms with van der Waals surface area (Å²) in [5.41, 5.74) is 1.00. The number of methoxy groups -OCH3 is 1. The first-order chi connectivity index (χ1) is 14.8. The second-order valence-corrected chi connectivity index (χ2v) is 9.82. The first-order valence-corrected chi connectivity index (χ1v) is 11.4. The number of nitrogens with zero attached hydrogens (tertiary/aromatic N) is 2. The van der Waals surface area contributed by atoms with Gasteiger partial charge in [-0.3, -0.25) is 9.59 Å². The number of carboxylic acids is 1. The first kappa shape index (κ1) is 21.5. The van der Waals surface area contributed by atoms with Crippen molar-refractivity contribution in [1.82, 2.24) is 4.98 Å². The maximum absolute atomic E-state index is 13.2. The van der Waals surface area contributed by atoms with Gasteiger partial charge >= 0.3 is 5.97 Å². The lowest BCUT2D eigenvalue weighted by atomic mass is 9.88. The molecule has 0 bridgehead atoms. The predicted molar refractivity (Wildman–Crippen MR) is 112 cm³/mol. The van der Waals surface area contributed by atoms with Gasteiger partial charge in [-0.05, 0) is 42.9 Å². The third-order valence-corrected chi connectivity index (χ3v) is 7.88. The fraction of sp³-hybridized carbons (Fsp3) is 0.381. The lowest BCUT2D eigenvalue weighted by Gasteiger charge is -2.18. The van der Waals surface area contributed by atoms with E-state index in [9.17, 15) is 24.3 Å². The molecule has 1 aliphatic heterocycles. The number of carbonyl (C=O) groups is 4. The lowest BCUT2D eigenvalue weighted by molar-refractivity contribution is -0.255.